The summed E-state index contributed by atoms with van der Waals surface area (Å²) in [6.45, 7) is 2.39. The van der Waals surface area contributed by atoms with Crippen LogP contribution in [0.3, 0.4) is 0 Å². The van der Waals surface area contributed by atoms with Gasteiger partial charge in [-0.25, -0.2) is 12.7 Å². The highest BCUT2D eigenvalue weighted by Gasteiger charge is 2.29. The molecule has 0 amide bonds. The molecule has 1 aliphatic carbocycles. The van der Waals surface area contributed by atoms with E-state index in [9.17, 15) is 8.42 Å². The highest BCUT2D eigenvalue weighted by Crippen LogP contribution is 2.31. The average Bonchev–Trinajstić information content (AvgIpc) is 3.24. The van der Waals surface area contributed by atoms with Crippen molar-refractivity contribution in [1.82, 2.24) is 4.31 Å². The minimum absolute atomic E-state index is 0.00808. The fourth-order valence-corrected chi connectivity index (χ4v) is 3.60. The van der Waals surface area contributed by atoms with E-state index in [1.165, 1.54) is 4.31 Å². The summed E-state index contributed by atoms with van der Waals surface area (Å²) in [4.78, 5) is 0.321. The van der Waals surface area contributed by atoms with E-state index in [4.69, 9.17) is 5.11 Å². The number of aliphatic hydroxyl groups is 1. The summed E-state index contributed by atoms with van der Waals surface area (Å²) in [5.41, 5.74) is 1.39. The van der Waals surface area contributed by atoms with Crippen molar-refractivity contribution < 1.29 is 13.5 Å². The fraction of sp³-hybridized carbons (Fsp3) is 0.500. The van der Waals surface area contributed by atoms with Crippen LogP contribution >= 0.6 is 0 Å². The van der Waals surface area contributed by atoms with Gasteiger partial charge in [-0.15, -0.1) is 0 Å². The summed E-state index contributed by atoms with van der Waals surface area (Å²) in [5, 5.41) is 8.73. The van der Waals surface area contributed by atoms with Crippen LogP contribution in [0.1, 0.15) is 30.4 Å². The van der Waals surface area contributed by atoms with Crippen LogP contribution in [0.5, 0.6) is 0 Å². The van der Waals surface area contributed by atoms with Crippen molar-refractivity contribution in [2.75, 3.05) is 20.2 Å². The van der Waals surface area contributed by atoms with Gasteiger partial charge in [0.05, 0.1) is 11.5 Å². The molecule has 21 heavy (non-hydrogen) atoms. The Morgan fingerprint density at radius 1 is 1.38 bits per heavy atom. The number of sulfonamides is 1. The first-order valence-electron chi connectivity index (χ1n) is 7.12. The predicted molar refractivity (Wildman–Crippen MR) is 82.3 cm³/mol. The van der Waals surface area contributed by atoms with Crippen LogP contribution in [0.4, 0.5) is 0 Å². The number of benzene rings is 1. The molecule has 0 saturated heterocycles. The van der Waals surface area contributed by atoms with Crippen LogP contribution in [0.25, 0.3) is 0 Å². The summed E-state index contributed by atoms with van der Waals surface area (Å²) < 4.78 is 26.7. The van der Waals surface area contributed by atoms with Crippen molar-refractivity contribution in [1.29, 1.82) is 0 Å². The average molecular weight is 307 g/mol. The highest BCUT2D eigenvalue weighted by molar-refractivity contribution is 7.89. The number of rotatable bonds is 5. The zero-order valence-corrected chi connectivity index (χ0v) is 13.3. The standard InChI is InChI=1S/C16H21NO3S/c1-13-6-7-14(5-3-4-10-18)11-16(13)21(19,20)17(2)12-15-8-9-15/h6-7,11,15,18H,4,8-10,12H2,1-2H3. The molecular weight excluding hydrogens is 286 g/mol. The minimum Gasteiger partial charge on any atom is -0.395 e. The van der Waals surface area contributed by atoms with E-state index in [1.54, 1.807) is 32.2 Å². The summed E-state index contributed by atoms with van der Waals surface area (Å²) in [5.74, 6) is 6.21. The topological polar surface area (TPSA) is 57.6 Å². The van der Waals surface area contributed by atoms with Gasteiger partial charge in [-0.2, -0.15) is 0 Å². The number of aliphatic hydroxyl groups excluding tert-OH is 1. The van der Waals surface area contributed by atoms with Gasteiger partial charge in [0.2, 0.25) is 10.0 Å². The molecular formula is C16H21NO3S. The Labute approximate surface area is 126 Å². The Bertz CT molecular complexity index is 666. The monoisotopic (exact) mass is 307 g/mol. The van der Waals surface area contributed by atoms with Gasteiger partial charge in [0.25, 0.3) is 0 Å². The zero-order chi connectivity index (χ0) is 15.5. The van der Waals surface area contributed by atoms with Crippen molar-refractivity contribution in [3.05, 3.63) is 29.3 Å². The van der Waals surface area contributed by atoms with Gasteiger partial charge >= 0.3 is 0 Å². The molecule has 5 heteroatoms. The van der Waals surface area contributed by atoms with Crippen LogP contribution in [-0.4, -0.2) is 38.0 Å². The SMILES string of the molecule is Cc1ccc(C#CCCO)cc1S(=O)(=O)N(C)CC1CC1. The minimum atomic E-state index is -3.46. The quantitative estimate of drug-likeness (QED) is 0.843. The van der Waals surface area contributed by atoms with E-state index < -0.39 is 10.0 Å². The number of hydrogen-bond donors (Lipinski definition) is 1. The third-order valence-corrected chi connectivity index (χ3v) is 5.52. The number of hydrogen-bond acceptors (Lipinski definition) is 3. The van der Waals surface area contributed by atoms with Crippen molar-refractivity contribution in [3.63, 3.8) is 0 Å². The summed E-state index contributed by atoms with van der Waals surface area (Å²) in [7, 11) is -1.83. The van der Waals surface area contributed by atoms with Crippen molar-refractivity contribution >= 4 is 10.0 Å². The van der Waals surface area contributed by atoms with Gasteiger partial charge in [-0.05, 0) is 43.4 Å². The number of aryl methyl sites for hydroxylation is 1. The molecule has 1 aromatic carbocycles. The molecule has 0 aromatic heterocycles. The van der Waals surface area contributed by atoms with Crippen LogP contribution in [0.15, 0.2) is 23.1 Å². The molecule has 4 nitrogen and oxygen atoms in total. The summed E-state index contributed by atoms with van der Waals surface area (Å²) in [6.07, 6.45) is 2.62. The van der Waals surface area contributed by atoms with Crippen molar-refractivity contribution in [2.45, 2.75) is 31.1 Å². The van der Waals surface area contributed by atoms with Crippen LogP contribution in [0.2, 0.25) is 0 Å². The Hall–Kier alpha value is -1.35. The van der Waals surface area contributed by atoms with Crippen molar-refractivity contribution in [3.8, 4) is 11.8 Å². The molecule has 0 radical (unpaired) electrons. The second-order valence-corrected chi connectivity index (χ2v) is 7.50. The molecule has 0 bridgehead atoms. The van der Waals surface area contributed by atoms with Crippen LogP contribution in [-0.2, 0) is 10.0 Å². The third kappa shape index (κ3) is 4.07. The second-order valence-electron chi connectivity index (χ2n) is 5.48. The van der Waals surface area contributed by atoms with Gasteiger partial charge in [-0.1, -0.05) is 17.9 Å². The molecule has 1 N–H and O–H groups in total. The largest absolute Gasteiger partial charge is 0.395 e. The molecule has 0 unspecified atom stereocenters. The lowest BCUT2D eigenvalue weighted by atomic mass is 10.1. The van der Waals surface area contributed by atoms with Crippen LogP contribution in [0, 0.1) is 24.7 Å². The first-order valence-corrected chi connectivity index (χ1v) is 8.56. The molecule has 0 heterocycles. The van der Waals surface area contributed by atoms with Gasteiger partial charge < -0.3 is 5.11 Å². The molecule has 0 aliphatic heterocycles. The third-order valence-electron chi connectivity index (χ3n) is 3.56. The maximum atomic E-state index is 12.6. The Balaban J connectivity index is 2.28. The molecule has 0 atom stereocenters. The molecule has 2 rings (SSSR count). The summed E-state index contributed by atoms with van der Waals surface area (Å²) in [6, 6.07) is 5.21. The van der Waals surface area contributed by atoms with Crippen molar-refractivity contribution in [2.24, 2.45) is 5.92 Å². The van der Waals surface area contributed by atoms with E-state index in [-0.39, 0.29) is 6.61 Å². The maximum Gasteiger partial charge on any atom is 0.243 e. The van der Waals surface area contributed by atoms with Gasteiger partial charge in [0.15, 0.2) is 0 Å². The summed E-state index contributed by atoms with van der Waals surface area (Å²) >= 11 is 0. The van der Waals surface area contributed by atoms with E-state index in [0.29, 0.717) is 29.3 Å². The molecule has 1 aromatic rings. The fourth-order valence-electron chi connectivity index (χ4n) is 2.11. The molecule has 1 fully saturated rings. The van der Waals surface area contributed by atoms with Gasteiger partial charge in [0, 0.05) is 25.6 Å². The Kier molecular flexibility index (Phi) is 5.04. The zero-order valence-electron chi connectivity index (χ0n) is 12.5. The maximum absolute atomic E-state index is 12.6. The van der Waals surface area contributed by atoms with E-state index >= 15 is 0 Å². The molecule has 1 saturated carbocycles. The first-order chi connectivity index (χ1) is 9.95. The van der Waals surface area contributed by atoms with E-state index in [2.05, 4.69) is 11.8 Å². The van der Waals surface area contributed by atoms with E-state index in [0.717, 1.165) is 18.4 Å². The smallest absolute Gasteiger partial charge is 0.243 e. The van der Waals surface area contributed by atoms with Crippen LogP contribution < -0.4 is 0 Å². The van der Waals surface area contributed by atoms with Gasteiger partial charge in [0.1, 0.15) is 0 Å². The Morgan fingerprint density at radius 3 is 2.71 bits per heavy atom. The lowest BCUT2D eigenvalue weighted by Gasteiger charge is -2.18. The van der Waals surface area contributed by atoms with E-state index in [1.807, 2.05) is 0 Å². The number of nitrogens with zero attached hydrogens (tertiary/aromatic N) is 1. The molecule has 0 spiro atoms. The van der Waals surface area contributed by atoms with Gasteiger partial charge in [-0.3, -0.25) is 0 Å². The predicted octanol–water partition coefficient (Wildman–Crippen LogP) is 1.76. The normalized spacial score (nSPS) is 14.9. The lowest BCUT2D eigenvalue weighted by molar-refractivity contribution is 0.305. The molecule has 1 aliphatic rings. The second kappa shape index (κ2) is 6.61. The Morgan fingerprint density at radius 2 is 2.10 bits per heavy atom. The highest BCUT2D eigenvalue weighted by atomic mass is 32.2. The first kappa shape index (κ1) is 16.0. The lowest BCUT2D eigenvalue weighted by Crippen LogP contribution is -2.29. The molecule has 114 valence electrons.